The van der Waals surface area contributed by atoms with Crippen molar-refractivity contribution in [3.63, 3.8) is 0 Å². The molecule has 4 aromatic carbocycles. The topological polar surface area (TPSA) is 396 Å². The molecule has 0 saturated carbocycles. The molecular weight excluding hydrogens is 1050 g/mol. The van der Waals surface area contributed by atoms with E-state index in [2.05, 4.69) is 63.7 Å². The second-order valence-corrected chi connectivity index (χ2v) is 18.1. The van der Waals surface area contributed by atoms with E-state index in [4.69, 9.17) is 23.1 Å². The SMILES string of the molecule is CCN(c1ccccc1)c1nc(Cl)nc(Nc2ccc(SOO[O-])c(N=Nc3c(N)c(N=Nc4ccc(S(=O)(=O)CCOSOO[O-])cc4S(=O)(=O)[O-])cc(S(=O)(=O)[O-])c3N)c2)n1.[Na+].[Na+].[Na+].[Na+]. The number of benzene rings is 4. The number of rotatable bonds is 21. The predicted molar refractivity (Wildman–Crippen MR) is 215 cm³/mol. The van der Waals surface area contributed by atoms with Crippen molar-refractivity contribution in [2.24, 2.45) is 20.5 Å². The van der Waals surface area contributed by atoms with Gasteiger partial charge in [0.2, 0.25) is 17.2 Å². The maximum Gasteiger partial charge on any atom is 1.00 e. The summed E-state index contributed by atoms with van der Waals surface area (Å²) < 4.78 is 112. The molecule has 5 rings (SSSR count). The molecule has 0 amide bonds. The van der Waals surface area contributed by atoms with Crippen molar-refractivity contribution in [1.82, 2.24) is 15.0 Å². The molecule has 5 aromatic rings. The van der Waals surface area contributed by atoms with Gasteiger partial charge in [-0.3, -0.25) is 14.3 Å². The van der Waals surface area contributed by atoms with Gasteiger partial charge in [-0.25, -0.2) is 25.3 Å². The van der Waals surface area contributed by atoms with Crippen molar-refractivity contribution in [2.75, 3.05) is 40.6 Å². The Kier molecular flexibility index (Phi) is 27.9. The number of anilines is 6. The molecule has 36 heteroatoms. The Labute approximate surface area is 483 Å². The quantitative estimate of drug-likeness (QED) is 0.00898. The van der Waals surface area contributed by atoms with Crippen LogP contribution >= 0.6 is 36.0 Å². The van der Waals surface area contributed by atoms with Crippen LogP contribution in [0, 0.1) is 0 Å². The van der Waals surface area contributed by atoms with Crippen LogP contribution in [0.4, 0.5) is 57.4 Å². The molecule has 0 aliphatic heterocycles. The van der Waals surface area contributed by atoms with E-state index in [1.165, 1.54) is 18.2 Å². The molecule has 1 heterocycles. The fourth-order valence-electron chi connectivity index (χ4n) is 5.06. The van der Waals surface area contributed by atoms with Gasteiger partial charge in [0, 0.05) is 17.9 Å². The molecule has 0 atom stereocenters. The number of para-hydroxylation sites is 1. The van der Waals surface area contributed by atoms with Crippen LogP contribution in [0.5, 0.6) is 0 Å². The first-order chi connectivity index (χ1) is 29.9. The van der Waals surface area contributed by atoms with Crippen LogP contribution in [0.25, 0.3) is 0 Å². The third kappa shape index (κ3) is 18.1. The van der Waals surface area contributed by atoms with E-state index in [1.54, 1.807) is 4.90 Å². The first kappa shape index (κ1) is 63.8. The minimum absolute atomic E-state index is 0. The number of nitrogens with zero attached hydrogens (tertiary/aromatic N) is 8. The average Bonchev–Trinajstić information content (AvgIpc) is 3.22. The van der Waals surface area contributed by atoms with Crippen LogP contribution in [-0.2, 0) is 53.0 Å². The van der Waals surface area contributed by atoms with Crippen LogP contribution < -0.4 is 150 Å². The molecule has 0 aliphatic rings. The number of nitrogens with two attached hydrogens (primary N) is 2. The number of hydrogen-bond donors (Lipinski definition) is 3. The molecule has 336 valence electrons. The molecular formula is C31H26ClN11Na4O15S5. The van der Waals surface area contributed by atoms with Gasteiger partial charge in [0.05, 0.1) is 55.4 Å². The van der Waals surface area contributed by atoms with E-state index in [1.807, 2.05) is 37.3 Å². The minimum Gasteiger partial charge on any atom is -0.744 e. The molecule has 67 heavy (non-hydrogen) atoms. The van der Waals surface area contributed by atoms with E-state index in [0.29, 0.717) is 30.7 Å². The molecule has 0 spiro atoms. The van der Waals surface area contributed by atoms with Crippen LogP contribution in [0.15, 0.2) is 113 Å². The van der Waals surface area contributed by atoms with Crippen LogP contribution in [0.1, 0.15) is 6.92 Å². The summed E-state index contributed by atoms with van der Waals surface area (Å²) in [5, 5.41) is 45.2. The number of nitrogen functional groups attached to an aromatic ring is 2. The number of halogens is 1. The van der Waals surface area contributed by atoms with Crippen molar-refractivity contribution in [3.05, 3.63) is 78.1 Å². The van der Waals surface area contributed by atoms with Gasteiger partial charge in [-0.15, -0.1) is 24.8 Å². The predicted octanol–water partition coefficient (Wildman–Crippen LogP) is -7.95. The number of hydrogen-bond acceptors (Lipinski definition) is 28. The summed E-state index contributed by atoms with van der Waals surface area (Å²) in [7, 11) is -15.2. The first-order valence-electron chi connectivity index (χ1n) is 16.7. The van der Waals surface area contributed by atoms with E-state index >= 15 is 0 Å². The molecule has 0 bridgehead atoms. The molecule has 0 fully saturated rings. The summed E-state index contributed by atoms with van der Waals surface area (Å²) in [4.78, 5) is 11.6. The van der Waals surface area contributed by atoms with Gasteiger partial charge in [0.25, 0.3) is 0 Å². The maximum atomic E-state index is 12.8. The zero-order chi connectivity index (χ0) is 46.0. The van der Waals surface area contributed by atoms with Gasteiger partial charge in [0.1, 0.15) is 43.0 Å². The Hall–Kier alpha value is -1.23. The molecule has 0 unspecified atom stereocenters. The number of sulfone groups is 1. The van der Waals surface area contributed by atoms with Gasteiger partial charge in [-0.2, -0.15) is 19.3 Å². The van der Waals surface area contributed by atoms with Gasteiger partial charge in [0.15, 0.2) is 22.2 Å². The zero-order valence-corrected chi connectivity index (χ0v) is 48.2. The third-order valence-electron chi connectivity index (χ3n) is 7.80. The van der Waals surface area contributed by atoms with E-state index in [0.717, 1.165) is 17.8 Å². The van der Waals surface area contributed by atoms with Crippen LogP contribution in [0.2, 0.25) is 5.28 Å². The summed E-state index contributed by atoms with van der Waals surface area (Å²) in [5.74, 6) is -0.609. The van der Waals surface area contributed by atoms with Crippen molar-refractivity contribution >= 4 is 123 Å². The largest absolute Gasteiger partial charge is 1.00 e. The standard InChI is InChI=1S/C31H30ClN11O15S5.4Na/c1-2-43(18-6-4-3-5-7-18)31-37-29(32)36-30(38-31)35-17-8-11-23(59-57-55-44)21(14-17)40-42-28-26(33)22(16-25(27(28)34)63(51,52)53)41-39-20-10-9-19(15-24(20)62(48,49)50)61(46,47)13-12-54-60-58-56-45;;;;/h3-11,14-16,44-45H,2,12-13,33-34H2,1H3,(H,48,49,50)(H,51,52,53)(H,35,36,37,38);;;;/q;4*+1/p-4. The van der Waals surface area contributed by atoms with Gasteiger partial charge in [-0.05, 0) is 73.1 Å². The molecule has 5 N–H and O–H groups in total. The Morgan fingerprint density at radius 1 is 0.746 bits per heavy atom. The fraction of sp³-hybridized carbons (Fsp3) is 0.129. The van der Waals surface area contributed by atoms with Gasteiger partial charge >= 0.3 is 118 Å². The Balaban J connectivity index is 0.00000561. The van der Waals surface area contributed by atoms with Crippen LogP contribution in [-0.4, -0.2) is 68.2 Å². The Bertz CT molecular complexity index is 2870. The van der Waals surface area contributed by atoms with Crippen LogP contribution in [0.3, 0.4) is 0 Å². The summed E-state index contributed by atoms with van der Waals surface area (Å²) in [6.07, 6.45) is 0. The van der Waals surface area contributed by atoms with Crippen molar-refractivity contribution in [1.29, 1.82) is 0 Å². The monoisotopic (exact) mass is 1080 g/mol. The first-order valence-corrected chi connectivity index (χ1v) is 23.0. The summed E-state index contributed by atoms with van der Waals surface area (Å²) in [6.45, 7) is 1.74. The van der Waals surface area contributed by atoms with E-state index in [9.17, 15) is 44.9 Å². The number of aromatic nitrogens is 3. The van der Waals surface area contributed by atoms with E-state index in [-0.39, 0.29) is 164 Å². The van der Waals surface area contributed by atoms with Crippen molar-refractivity contribution in [2.45, 2.75) is 26.5 Å². The second-order valence-electron chi connectivity index (χ2n) is 11.7. The van der Waals surface area contributed by atoms with Gasteiger partial charge in [-0.1, -0.05) is 18.2 Å². The van der Waals surface area contributed by atoms with Crippen molar-refractivity contribution in [3.8, 4) is 0 Å². The molecule has 1 aromatic heterocycles. The molecule has 0 radical (unpaired) electrons. The average molecular weight is 1080 g/mol. The summed E-state index contributed by atoms with van der Waals surface area (Å²) >= 11 is 6.65. The molecule has 0 aliphatic carbocycles. The summed E-state index contributed by atoms with van der Waals surface area (Å²) in [6, 6.07) is 16.1. The molecule has 0 saturated heterocycles. The number of azo groups is 2. The van der Waals surface area contributed by atoms with Gasteiger partial charge < -0.3 is 41.3 Å². The summed E-state index contributed by atoms with van der Waals surface area (Å²) in [5.41, 5.74) is 9.63. The maximum absolute atomic E-state index is 12.8. The normalized spacial score (nSPS) is 11.6. The number of nitrogens with one attached hydrogen (secondary N) is 1. The van der Waals surface area contributed by atoms with E-state index < -0.39 is 85.6 Å². The van der Waals surface area contributed by atoms with Crippen molar-refractivity contribution < 1.29 is 186 Å². The Morgan fingerprint density at radius 2 is 1.39 bits per heavy atom. The second kappa shape index (κ2) is 29.3. The smallest absolute Gasteiger partial charge is 0.744 e. The molecule has 26 nitrogen and oxygen atoms in total. The fourth-order valence-corrected chi connectivity index (χ4v) is 8.38. The third-order valence-corrected chi connectivity index (χ3v) is 12.4. The Morgan fingerprint density at radius 3 is 2.01 bits per heavy atom. The zero-order valence-electron chi connectivity index (χ0n) is 35.3. The minimum atomic E-state index is -5.48.